The van der Waals surface area contributed by atoms with Crippen molar-refractivity contribution in [3.05, 3.63) is 0 Å². The Bertz CT molecular complexity index is 555. The molecule has 0 radical (unpaired) electrons. The Hall–Kier alpha value is -0.890. The van der Waals surface area contributed by atoms with Crippen molar-refractivity contribution in [2.75, 3.05) is 6.54 Å². The molecule has 1 amide bonds. The number of hydrogen-bond acceptors (Lipinski definition) is 6. The summed E-state index contributed by atoms with van der Waals surface area (Å²) in [7, 11) is 0. The summed E-state index contributed by atoms with van der Waals surface area (Å²) in [5.41, 5.74) is -1.24. The highest BCUT2D eigenvalue weighted by atomic mass is 16.8. The van der Waals surface area contributed by atoms with Crippen molar-refractivity contribution in [1.29, 1.82) is 0 Å². The minimum Gasteiger partial charge on any atom is -0.444 e. The molecule has 3 fully saturated rings. The van der Waals surface area contributed by atoms with E-state index in [2.05, 4.69) is 6.92 Å². The van der Waals surface area contributed by atoms with E-state index < -0.39 is 17.1 Å². The highest BCUT2D eigenvalue weighted by molar-refractivity contribution is 5.69. The molecular weight excluding hydrogens is 338 g/mol. The molecule has 3 saturated heterocycles. The summed E-state index contributed by atoms with van der Waals surface area (Å²) < 4.78 is 29.5. The van der Waals surface area contributed by atoms with Gasteiger partial charge in [-0.3, -0.25) is 4.90 Å². The molecule has 0 aromatic heterocycles. The first-order valence-corrected chi connectivity index (χ1v) is 9.47. The number of carbonyl (C=O) groups excluding carboxylic acids is 1. The minimum absolute atomic E-state index is 0.0273. The molecular formula is C19H33NO6. The van der Waals surface area contributed by atoms with Gasteiger partial charge >= 0.3 is 6.09 Å². The van der Waals surface area contributed by atoms with Crippen LogP contribution in [0.2, 0.25) is 0 Å². The summed E-state index contributed by atoms with van der Waals surface area (Å²) in [6.45, 7) is 15.8. The molecule has 150 valence electrons. The van der Waals surface area contributed by atoms with Crippen LogP contribution in [0, 0.1) is 5.92 Å². The number of amides is 1. The molecule has 0 aromatic rings. The van der Waals surface area contributed by atoms with Crippen LogP contribution < -0.4 is 0 Å². The van der Waals surface area contributed by atoms with Crippen LogP contribution in [0.5, 0.6) is 0 Å². The average Bonchev–Trinajstić information content (AvgIpc) is 2.99. The Balaban J connectivity index is 1.60. The predicted molar refractivity (Wildman–Crippen MR) is 94.4 cm³/mol. The zero-order chi connectivity index (χ0) is 19.5. The highest BCUT2D eigenvalue weighted by Gasteiger charge is 2.54. The second kappa shape index (κ2) is 6.33. The Morgan fingerprint density at radius 1 is 1.15 bits per heavy atom. The van der Waals surface area contributed by atoms with E-state index in [-0.39, 0.29) is 36.6 Å². The molecule has 26 heavy (non-hydrogen) atoms. The van der Waals surface area contributed by atoms with Crippen LogP contribution in [0.15, 0.2) is 0 Å². The van der Waals surface area contributed by atoms with Gasteiger partial charge in [-0.1, -0.05) is 6.92 Å². The van der Waals surface area contributed by atoms with Crippen molar-refractivity contribution in [3.63, 3.8) is 0 Å². The second-order valence-electron chi connectivity index (χ2n) is 9.52. The first-order chi connectivity index (χ1) is 11.8. The zero-order valence-corrected chi connectivity index (χ0v) is 17.2. The van der Waals surface area contributed by atoms with Crippen LogP contribution in [0.4, 0.5) is 4.79 Å². The predicted octanol–water partition coefficient (Wildman–Crippen LogP) is 3.26. The van der Waals surface area contributed by atoms with E-state index in [4.69, 9.17) is 23.7 Å². The fourth-order valence-corrected chi connectivity index (χ4v) is 3.92. The molecule has 0 saturated carbocycles. The maximum absolute atomic E-state index is 12.5. The third-order valence-electron chi connectivity index (χ3n) is 5.10. The molecule has 0 unspecified atom stereocenters. The van der Waals surface area contributed by atoms with Gasteiger partial charge in [0.15, 0.2) is 12.1 Å². The fourth-order valence-electron chi connectivity index (χ4n) is 3.92. The van der Waals surface area contributed by atoms with Gasteiger partial charge in [-0.25, -0.2) is 4.79 Å². The standard InChI is InChI=1S/C19H33NO6/c1-11-13(22-15-14(11)24-19(7,8)25-15)9-12-10-20(18(5,6)23-12)16(21)26-17(2,3)4/h11-15H,9-10H2,1-8H3/t11-,12-,13+,14+,15+/m0/s1. The molecule has 0 bridgehead atoms. The van der Waals surface area contributed by atoms with Gasteiger partial charge in [-0.15, -0.1) is 0 Å². The first kappa shape index (κ1) is 19.9. The number of ether oxygens (including phenoxy) is 5. The van der Waals surface area contributed by atoms with E-state index in [9.17, 15) is 4.79 Å². The Morgan fingerprint density at radius 3 is 2.38 bits per heavy atom. The summed E-state index contributed by atoms with van der Waals surface area (Å²) in [6, 6.07) is 0. The van der Waals surface area contributed by atoms with Gasteiger partial charge in [0.05, 0.1) is 18.8 Å². The number of carbonyl (C=O) groups is 1. The number of fused-ring (bicyclic) bond motifs is 1. The SMILES string of the molecule is C[C@@H]1[C@H]2OC(C)(C)O[C@H]2O[C@@H]1C[C@H]1CN(C(=O)OC(C)(C)C)C(C)(C)O1. The lowest BCUT2D eigenvalue weighted by Crippen LogP contribution is -2.46. The molecule has 0 N–H and O–H groups in total. The molecule has 3 aliphatic rings. The van der Waals surface area contributed by atoms with Crippen LogP contribution in [0.1, 0.15) is 61.8 Å². The molecule has 5 atom stereocenters. The zero-order valence-electron chi connectivity index (χ0n) is 17.2. The summed E-state index contributed by atoms with van der Waals surface area (Å²) >= 11 is 0. The second-order valence-corrected chi connectivity index (χ2v) is 9.52. The number of hydrogen-bond donors (Lipinski definition) is 0. The van der Waals surface area contributed by atoms with E-state index in [0.717, 1.165) is 0 Å². The smallest absolute Gasteiger partial charge is 0.412 e. The van der Waals surface area contributed by atoms with Gasteiger partial charge in [-0.05, 0) is 48.5 Å². The van der Waals surface area contributed by atoms with Gasteiger partial charge in [0.1, 0.15) is 17.4 Å². The number of rotatable bonds is 2. The van der Waals surface area contributed by atoms with E-state index in [0.29, 0.717) is 13.0 Å². The van der Waals surface area contributed by atoms with Crippen LogP contribution in [-0.4, -0.2) is 59.3 Å². The molecule has 0 aromatic carbocycles. The summed E-state index contributed by atoms with van der Waals surface area (Å²) in [6.07, 6.45) is -0.204. The average molecular weight is 371 g/mol. The molecule has 3 heterocycles. The first-order valence-electron chi connectivity index (χ1n) is 9.47. The third-order valence-corrected chi connectivity index (χ3v) is 5.10. The van der Waals surface area contributed by atoms with Gasteiger partial charge in [0.25, 0.3) is 0 Å². The van der Waals surface area contributed by atoms with Crippen LogP contribution in [0.25, 0.3) is 0 Å². The Kier molecular flexibility index (Phi) is 4.83. The molecule has 7 heteroatoms. The van der Waals surface area contributed by atoms with E-state index in [1.54, 1.807) is 4.90 Å². The van der Waals surface area contributed by atoms with Crippen molar-refractivity contribution >= 4 is 6.09 Å². The minimum atomic E-state index is -0.709. The summed E-state index contributed by atoms with van der Waals surface area (Å²) in [5.74, 6) is -0.405. The van der Waals surface area contributed by atoms with Crippen LogP contribution in [0.3, 0.4) is 0 Å². The summed E-state index contributed by atoms with van der Waals surface area (Å²) in [5, 5.41) is 0. The lowest BCUT2D eigenvalue weighted by atomic mass is 9.96. The van der Waals surface area contributed by atoms with E-state index >= 15 is 0 Å². The van der Waals surface area contributed by atoms with E-state index in [1.807, 2.05) is 48.5 Å². The summed E-state index contributed by atoms with van der Waals surface area (Å²) in [4.78, 5) is 14.2. The highest BCUT2D eigenvalue weighted by Crippen LogP contribution is 2.43. The van der Waals surface area contributed by atoms with Crippen LogP contribution >= 0.6 is 0 Å². The van der Waals surface area contributed by atoms with Crippen molar-refractivity contribution in [3.8, 4) is 0 Å². The van der Waals surface area contributed by atoms with E-state index in [1.165, 1.54) is 0 Å². The Labute approximate surface area is 156 Å². The van der Waals surface area contributed by atoms with Gasteiger partial charge in [0, 0.05) is 12.3 Å². The lowest BCUT2D eigenvalue weighted by molar-refractivity contribution is -0.212. The molecule has 3 rings (SSSR count). The topological polar surface area (TPSA) is 66.5 Å². The normalized spacial score (nSPS) is 38.5. The monoisotopic (exact) mass is 371 g/mol. The number of nitrogens with zero attached hydrogens (tertiary/aromatic N) is 1. The largest absolute Gasteiger partial charge is 0.444 e. The van der Waals surface area contributed by atoms with Crippen molar-refractivity contribution in [2.24, 2.45) is 5.92 Å². The maximum Gasteiger partial charge on any atom is 0.412 e. The van der Waals surface area contributed by atoms with Gasteiger partial charge in [-0.2, -0.15) is 0 Å². The molecule has 7 nitrogen and oxygen atoms in total. The van der Waals surface area contributed by atoms with Gasteiger partial charge in [0.2, 0.25) is 0 Å². The maximum atomic E-state index is 12.5. The quantitative estimate of drug-likeness (QED) is 0.742. The van der Waals surface area contributed by atoms with Crippen molar-refractivity contribution in [1.82, 2.24) is 4.90 Å². The molecule has 0 aliphatic carbocycles. The van der Waals surface area contributed by atoms with Crippen molar-refractivity contribution < 1.29 is 28.5 Å². The van der Waals surface area contributed by atoms with Crippen LogP contribution in [-0.2, 0) is 23.7 Å². The van der Waals surface area contributed by atoms with Gasteiger partial charge < -0.3 is 23.7 Å². The van der Waals surface area contributed by atoms with Crippen molar-refractivity contribution in [2.45, 2.75) is 104 Å². The fraction of sp³-hybridized carbons (Fsp3) is 0.947. The third kappa shape index (κ3) is 4.01. The Morgan fingerprint density at radius 2 is 1.81 bits per heavy atom. The lowest BCUT2D eigenvalue weighted by Gasteiger charge is -2.31. The molecule has 0 spiro atoms. The molecule has 3 aliphatic heterocycles.